The molecule has 2 heterocycles. The molecule has 0 unspecified atom stereocenters. The van der Waals surface area contributed by atoms with E-state index in [-0.39, 0.29) is 5.78 Å². The molecule has 32 heavy (non-hydrogen) atoms. The van der Waals surface area contributed by atoms with Gasteiger partial charge in [-0.05, 0) is 99.0 Å². The Morgan fingerprint density at radius 1 is 0.906 bits per heavy atom. The minimum Gasteiger partial charge on any atom is -0.494 e. The van der Waals surface area contributed by atoms with Crippen LogP contribution in [-0.2, 0) is 6.61 Å². The van der Waals surface area contributed by atoms with Crippen LogP contribution in [0.4, 0.5) is 5.69 Å². The summed E-state index contributed by atoms with van der Waals surface area (Å²) in [7, 11) is 0. The van der Waals surface area contributed by atoms with Crippen molar-refractivity contribution >= 4 is 17.5 Å². The molecule has 5 heteroatoms. The molecule has 2 aromatic carbocycles. The van der Waals surface area contributed by atoms with Crippen molar-refractivity contribution in [3.63, 3.8) is 0 Å². The first-order valence-electron chi connectivity index (χ1n) is 11.2. The number of hydrogen-bond acceptors (Lipinski definition) is 5. The highest BCUT2D eigenvalue weighted by Gasteiger charge is 2.11. The van der Waals surface area contributed by atoms with E-state index in [2.05, 4.69) is 4.90 Å². The van der Waals surface area contributed by atoms with Crippen LogP contribution < -0.4 is 14.4 Å². The van der Waals surface area contributed by atoms with Crippen molar-refractivity contribution in [1.29, 1.82) is 0 Å². The number of piperidine rings is 1. The maximum absolute atomic E-state index is 12.5. The van der Waals surface area contributed by atoms with Crippen LogP contribution in [0.2, 0.25) is 0 Å². The van der Waals surface area contributed by atoms with Gasteiger partial charge in [-0.25, -0.2) is 0 Å². The monoisotopic (exact) mass is 431 g/mol. The lowest BCUT2D eigenvalue weighted by molar-refractivity contribution is 0.104. The van der Waals surface area contributed by atoms with E-state index in [9.17, 15) is 4.79 Å². The first kappa shape index (κ1) is 21.8. The highest BCUT2D eigenvalue weighted by molar-refractivity contribution is 6.06. The molecule has 1 aromatic heterocycles. The molecule has 0 bridgehead atoms. The molecular weight excluding hydrogens is 402 g/mol. The average molecular weight is 432 g/mol. The maximum atomic E-state index is 12.5. The number of benzene rings is 2. The molecule has 1 saturated heterocycles. The number of anilines is 1. The molecule has 0 radical (unpaired) electrons. The van der Waals surface area contributed by atoms with E-state index < -0.39 is 0 Å². The van der Waals surface area contributed by atoms with Gasteiger partial charge in [0.1, 0.15) is 29.6 Å². The van der Waals surface area contributed by atoms with E-state index in [4.69, 9.17) is 13.9 Å². The molecule has 0 aliphatic carbocycles. The second-order valence-corrected chi connectivity index (χ2v) is 7.79. The third-order valence-corrected chi connectivity index (χ3v) is 5.47. The van der Waals surface area contributed by atoms with Gasteiger partial charge in [0.2, 0.25) is 0 Å². The van der Waals surface area contributed by atoms with Crippen molar-refractivity contribution in [3.8, 4) is 11.5 Å². The molecule has 3 aromatic rings. The number of furan rings is 1. The van der Waals surface area contributed by atoms with Crippen molar-refractivity contribution in [3.05, 3.63) is 83.8 Å². The highest BCUT2D eigenvalue weighted by atomic mass is 16.5. The Labute approximate surface area is 189 Å². The second-order valence-electron chi connectivity index (χ2n) is 7.79. The predicted molar refractivity (Wildman–Crippen MR) is 127 cm³/mol. The van der Waals surface area contributed by atoms with Crippen molar-refractivity contribution < 1.29 is 18.7 Å². The van der Waals surface area contributed by atoms with Gasteiger partial charge in [-0.2, -0.15) is 0 Å². The molecule has 0 saturated carbocycles. The third kappa shape index (κ3) is 5.82. The van der Waals surface area contributed by atoms with Crippen LogP contribution in [0.15, 0.2) is 71.2 Å². The summed E-state index contributed by atoms with van der Waals surface area (Å²) in [5.74, 6) is 2.82. The molecule has 5 nitrogen and oxygen atoms in total. The van der Waals surface area contributed by atoms with Crippen LogP contribution in [0.3, 0.4) is 0 Å². The summed E-state index contributed by atoms with van der Waals surface area (Å²) in [4.78, 5) is 14.9. The quantitative estimate of drug-likeness (QED) is 0.301. The van der Waals surface area contributed by atoms with Gasteiger partial charge in [-0.1, -0.05) is 0 Å². The van der Waals surface area contributed by atoms with E-state index in [0.717, 1.165) is 24.6 Å². The second kappa shape index (κ2) is 10.7. The van der Waals surface area contributed by atoms with Gasteiger partial charge < -0.3 is 18.8 Å². The van der Waals surface area contributed by atoms with Crippen LogP contribution >= 0.6 is 0 Å². The van der Waals surface area contributed by atoms with Gasteiger partial charge in [0.05, 0.1) is 6.61 Å². The number of rotatable bonds is 9. The van der Waals surface area contributed by atoms with Gasteiger partial charge in [0, 0.05) is 24.3 Å². The Kier molecular flexibility index (Phi) is 7.28. The largest absolute Gasteiger partial charge is 0.494 e. The Hall–Kier alpha value is -3.47. The fraction of sp³-hybridized carbons (Fsp3) is 0.296. The number of ether oxygens (including phenoxy) is 2. The van der Waals surface area contributed by atoms with Crippen LogP contribution in [0.5, 0.6) is 11.5 Å². The minimum atomic E-state index is -0.0428. The highest BCUT2D eigenvalue weighted by Crippen LogP contribution is 2.21. The molecule has 0 atom stereocenters. The molecule has 1 aliphatic rings. The smallest absolute Gasteiger partial charge is 0.185 e. The third-order valence-electron chi connectivity index (χ3n) is 5.47. The first-order chi connectivity index (χ1) is 15.7. The van der Waals surface area contributed by atoms with Crippen molar-refractivity contribution in [2.24, 2.45) is 0 Å². The molecule has 1 aliphatic heterocycles. The van der Waals surface area contributed by atoms with Gasteiger partial charge in [0.25, 0.3) is 0 Å². The zero-order valence-electron chi connectivity index (χ0n) is 18.5. The Bertz CT molecular complexity index is 1030. The Morgan fingerprint density at radius 2 is 1.59 bits per heavy atom. The summed E-state index contributed by atoms with van der Waals surface area (Å²) in [5.41, 5.74) is 1.86. The van der Waals surface area contributed by atoms with Crippen molar-refractivity contribution in [1.82, 2.24) is 0 Å². The van der Waals surface area contributed by atoms with Crippen LogP contribution in [0.1, 0.15) is 48.1 Å². The van der Waals surface area contributed by atoms with E-state index in [1.165, 1.54) is 24.9 Å². The summed E-state index contributed by atoms with van der Waals surface area (Å²) in [6.45, 7) is 5.09. The van der Waals surface area contributed by atoms with E-state index in [1.54, 1.807) is 12.2 Å². The average Bonchev–Trinajstić information content (AvgIpc) is 3.31. The summed E-state index contributed by atoms with van der Waals surface area (Å²) in [6, 6.07) is 19.0. The van der Waals surface area contributed by atoms with E-state index in [1.807, 2.05) is 67.6 Å². The van der Waals surface area contributed by atoms with Crippen LogP contribution in [0, 0.1) is 0 Å². The fourth-order valence-electron chi connectivity index (χ4n) is 3.76. The van der Waals surface area contributed by atoms with Gasteiger partial charge in [0.15, 0.2) is 5.78 Å². The van der Waals surface area contributed by atoms with Crippen molar-refractivity contribution in [2.75, 3.05) is 24.6 Å². The summed E-state index contributed by atoms with van der Waals surface area (Å²) < 4.78 is 16.9. The normalized spacial score (nSPS) is 14.0. The van der Waals surface area contributed by atoms with Crippen LogP contribution in [0.25, 0.3) is 6.08 Å². The number of carbonyl (C=O) groups excluding carboxylic acids is 1. The standard InChI is InChI=1S/C27H29NO4/c1-2-30-23-10-12-24(13-11-23)31-20-26-15-14-25(32-26)16-17-27(29)21-6-8-22(9-7-21)28-18-4-3-5-19-28/h6-17H,2-5,18-20H2,1H3/b17-16+. The minimum absolute atomic E-state index is 0.0428. The fourth-order valence-corrected chi connectivity index (χ4v) is 3.76. The van der Waals surface area contributed by atoms with Crippen molar-refractivity contribution in [2.45, 2.75) is 32.8 Å². The van der Waals surface area contributed by atoms with Gasteiger partial charge in [-0.15, -0.1) is 0 Å². The molecule has 166 valence electrons. The van der Waals surface area contributed by atoms with Crippen LogP contribution in [-0.4, -0.2) is 25.5 Å². The number of carbonyl (C=O) groups is 1. The summed E-state index contributed by atoms with van der Waals surface area (Å²) in [5, 5.41) is 0. The molecule has 0 N–H and O–H groups in total. The SMILES string of the molecule is CCOc1ccc(OCc2ccc(/C=C/C(=O)c3ccc(N4CCCCC4)cc3)o2)cc1. The van der Waals surface area contributed by atoms with Gasteiger partial charge in [-0.3, -0.25) is 4.79 Å². The predicted octanol–water partition coefficient (Wildman–Crippen LogP) is 6.14. The summed E-state index contributed by atoms with van der Waals surface area (Å²) >= 11 is 0. The lowest BCUT2D eigenvalue weighted by atomic mass is 10.1. The van der Waals surface area contributed by atoms with Gasteiger partial charge >= 0.3 is 0 Å². The molecule has 4 rings (SSSR count). The Balaban J connectivity index is 1.29. The molecule has 0 spiro atoms. The lowest BCUT2D eigenvalue weighted by Crippen LogP contribution is -2.29. The zero-order chi connectivity index (χ0) is 22.2. The molecule has 0 amide bonds. The zero-order valence-corrected chi connectivity index (χ0v) is 18.5. The lowest BCUT2D eigenvalue weighted by Gasteiger charge is -2.28. The number of nitrogens with zero attached hydrogens (tertiary/aromatic N) is 1. The van der Waals surface area contributed by atoms with E-state index >= 15 is 0 Å². The Morgan fingerprint density at radius 3 is 2.28 bits per heavy atom. The topological polar surface area (TPSA) is 51.9 Å². The number of allylic oxidation sites excluding steroid dienone is 1. The number of ketones is 1. The summed E-state index contributed by atoms with van der Waals surface area (Å²) in [6.07, 6.45) is 7.02. The molecular formula is C27H29NO4. The van der Waals surface area contributed by atoms with E-state index in [0.29, 0.717) is 30.3 Å². The molecule has 1 fully saturated rings. The number of hydrogen-bond donors (Lipinski definition) is 0. The first-order valence-corrected chi connectivity index (χ1v) is 11.2. The maximum Gasteiger partial charge on any atom is 0.185 e.